The molecule has 2 unspecified atom stereocenters. The summed E-state index contributed by atoms with van der Waals surface area (Å²) in [7, 11) is 0. The Morgan fingerprint density at radius 2 is 1.18 bits per heavy atom. The molecule has 3 aliphatic rings. The molecule has 11 nitrogen and oxygen atoms in total. The van der Waals surface area contributed by atoms with Crippen LogP contribution in [0.1, 0.15) is 113 Å². The zero-order chi connectivity index (χ0) is 36.9. The number of nitrogens with zero attached hydrogens (tertiary/aromatic N) is 1. The molecule has 4 rings (SSSR count). The molecule has 0 aromatic heterocycles. The Balaban J connectivity index is 1.91. The molecule has 272 valence electrons. The van der Waals surface area contributed by atoms with Crippen LogP contribution in [0, 0.1) is 27.6 Å². The van der Waals surface area contributed by atoms with Gasteiger partial charge in [-0.25, -0.2) is 0 Å². The van der Waals surface area contributed by atoms with E-state index in [0.717, 1.165) is 17.5 Å². The number of rotatable bonds is 6. The molecule has 0 N–H and O–H groups in total. The average molecular weight is 686 g/mol. The average Bonchev–Trinajstić information content (AvgIpc) is 2.96. The summed E-state index contributed by atoms with van der Waals surface area (Å²) in [5.74, 6) is -2.55. The van der Waals surface area contributed by atoms with E-state index in [9.17, 15) is 24.0 Å². The highest BCUT2D eigenvalue weighted by atomic mass is 16.7. The standard InChI is InChI=1S/C38H55NO10/c1-35(2,3)31(41)45-20-25-27(47-32(42)36(4,5)6)28(48-33(43)37(7,8)9)29(49-34(44)38(10,11)12)30(46-25)39-24-18-21(19-26(39)40)17-22-15-13-14-16-23(22)24/h13-16,21,24-25,27-30H,17-20H2,1-12H3/t21?,24?,25-,27+,28+,29-,30-/m1/s1. The number of hydrogen-bond acceptors (Lipinski definition) is 10. The van der Waals surface area contributed by atoms with Crippen molar-refractivity contribution in [2.24, 2.45) is 27.6 Å². The molecule has 0 radical (unpaired) electrons. The summed E-state index contributed by atoms with van der Waals surface area (Å²) in [6, 6.07) is 7.48. The molecule has 1 amide bonds. The van der Waals surface area contributed by atoms with E-state index in [1.54, 1.807) is 88.0 Å². The van der Waals surface area contributed by atoms with Gasteiger partial charge in [0.15, 0.2) is 24.5 Å². The summed E-state index contributed by atoms with van der Waals surface area (Å²) in [5, 5.41) is 0. The van der Waals surface area contributed by atoms with Crippen LogP contribution >= 0.6 is 0 Å². The minimum absolute atomic E-state index is 0.112. The first-order valence-electron chi connectivity index (χ1n) is 17.2. The smallest absolute Gasteiger partial charge is 0.311 e. The van der Waals surface area contributed by atoms with Crippen LogP contribution in [0.5, 0.6) is 0 Å². The molecule has 2 heterocycles. The summed E-state index contributed by atoms with van der Waals surface area (Å²) < 4.78 is 30.9. The van der Waals surface area contributed by atoms with Gasteiger partial charge in [-0.05, 0) is 113 Å². The van der Waals surface area contributed by atoms with Crippen LogP contribution in [-0.4, -0.2) is 71.9 Å². The first-order chi connectivity index (χ1) is 22.4. The van der Waals surface area contributed by atoms with Gasteiger partial charge in [-0.15, -0.1) is 0 Å². The fraction of sp³-hybridized carbons (Fsp3) is 0.711. The third-order valence-corrected chi connectivity index (χ3v) is 9.01. The zero-order valence-corrected chi connectivity index (χ0v) is 31.2. The van der Waals surface area contributed by atoms with Crippen molar-refractivity contribution in [3.8, 4) is 0 Å². The lowest BCUT2D eigenvalue weighted by molar-refractivity contribution is -0.287. The maximum absolute atomic E-state index is 14.2. The van der Waals surface area contributed by atoms with Gasteiger partial charge in [-0.3, -0.25) is 24.0 Å². The Hall–Kier alpha value is -3.47. The van der Waals surface area contributed by atoms with Crippen LogP contribution in [0.4, 0.5) is 0 Å². The number of carbonyl (C=O) groups is 5. The Morgan fingerprint density at radius 1 is 0.694 bits per heavy atom. The quantitative estimate of drug-likeness (QED) is 0.271. The number of benzene rings is 1. The van der Waals surface area contributed by atoms with Gasteiger partial charge in [0, 0.05) is 6.42 Å². The van der Waals surface area contributed by atoms with Gasteiger partial charge < -0.3 is 28.6 Å². The van der Waals surface area contributed by atoms with Gasteiger partial charge in [0.05, 0.1) is 27.7 Å². The lowest BCUT2D eigenvalue weighted by Crippen LogP contribution is -2.68. The SMILES string of the molecule is CC(C)(C)C(=O)OC[C@H]1O[C@@H](N2C(=O)CC3Cc4ccccc4C2C3)[C@H](OC(=O)C(C)(C)C)[C@@H](OC(=O)C(C)(C)C)[C@H]1OC(=O)C(C)(C)C. The number of esters is 4. The normalized spacial score (nSPS) is 27.5. The van der Waals surface area contributed by atoms with Gasteiger partial charge in [-0.2, -0.15) is 0 Å². The first kappa shape index (κ1) is 38.3. The van der Waals surface area contributed by atoms with Crippen molar-refractivity contribution in [3.63, 3.8) is 0 Å². The highest BCUT2D eigenvalue weighted by Gasteiger charge is 2.58. The largest absolute Gasteiger partial charge is 0.462 e. The van der Waals surface area contributed by atoms with Crippen molar-refractivity contribution in [1.29, 1.82) is 0 Å². The number of carbonyl (C=O) groups excluding carboxylic acids is 5. The Kier molecular flexibility index (Phi) is 10.7. The van der Waals surface area contributed by atoms with E-state index < -0.39 is 82.2 Å². The molecule has 2 saturated heterocycles. The maximum Gasteiger partial charge on any atom is 0.311 e. The van der Waals surface area contributed by atoms with Crippen LogP contribution in [0.25, 0.3) is 0 Å². The number of hydrogen-bond donors (Lipinski definition) is 0. The Bertz CT molecular complexity index is 1440. The van der Waals surface area contributed by atoms with Crippen LogP contribution in [0.15, 0.2) is 24.3 Å². The fourth-order valence-corrected chi connectivity index (χ4v) is 6.08. The summed E-state index contributed by atoms with van der Waals surface area (Å²) in [4.78, 5) is 69.6. The lowest BCUT2D eigenvalue weighted by atomic mass is 9.75. The Labute approximate surface area is 290 Å². The molecule has 2 bridgehead atoms. The second kappa shape index (κ2) is 13.7. The van der Waals surface area contributed by atoms with E-state index in [4.69, 9.17) is 23.7 Å². The van der Waals surface area contributed by atoms with Crippen LogP contribution in [0.3, 0.4) is 0 Å². The van der Waals surface area contributed by atoms with E-state index in [2.05, 4.69) is 0 Å². The highest BCUT2D eigenvalue weighted by molar-refractivity contribution is 5.80. The Morgan fingerprint density at radius 3 is 1.71 bits per heavy atom. The molecule has 7 atom stereocenters. The lowest BCUT2D eigenvalue weighted by Gasteiger charge is -2.53. The number of ether oxygens (including phenoxy) is 5. The van der Waals surface area contributed by atoms with E-state index >= 15 is 0 Å². The van der Waals surface area contributed by atoms with Crippen molar-refractivity contribution < 1.29 is 47.7 Å². The maximum atomic E-state index is 14.2. The molecule has 0 spiro atoms. The molecule has 1 aliphatic carbocycles. The van der Waals surface area contributed by atoms with Gasteiger partial charge in [0.2, 0.25) is 5.91 Å². The van der Waals surface area contributed by atoms with Gasteiger partial charge in [-0.1, -0.05) is 24.3 Å². The fourth-order valence-electron chi connectivity index (χ4n) is 6.08. The monoisotopic (exact) mass is 685 g/mol. The van der Waals surface area contributed by atoms with Crippen molar-refractivity contribution in [3.05, 3.63) is 35.4 Å². The predicted molar refractivity (Wildman–Crippen MR) is 180 cm³/mol. The van der Waals surface area contributed by atoms with Crippen molar-refractivity contribution >= 4 is 29.8 Å². The van der Waals surface area contributed by atoms with Crippen LogP contribution in [0.2, 0.25) is 0 Å². The second-order valence-corrected chi connectivity index (χ2v) is 17.8. The summed E-state index contributed by atoms with van der Waals surface area (Å²) >= 11 is 0. The van der Waals surface area contributed by atoms with Crippen LogP contribution < -0.4 is 0 Å². The van der Waals surface area contributed by atoms with Gasteiger partial charge >= 0.3 is 23.9 Å². The molecule has 2 fully saturated rings. The zero-order valence-electron chi connectivity index (χ0n) is 31.2. The highest BCUT2D eigenvalue weighted by Crippen LogP contribution is 2.46. The van der Waals surface area contributed by atoms with Crippen molar-refractivity contribution in [2.75, 3.05) is 6.61 Å². The van der Waals surface area contributed by atoms with Crippen molar-refractivity contribution in [1.82, 2.24) is 4.90 Å². The summed E-state index contributed by atoms with van der Waals surface area (Å²) in [5.41, 5.74) is -1.77. The van der Waals surface area contributed by atoms with Gasteiger partial charge in [0.1, 0.15) is 12.7 Å². The van der Waals surface area contributed by atoms with Crippen LogP contribution in [-0.2, 0) is 54.1 Å². The number of fused-ring (bicyclic) bond motifs is 4. The summed E-state index contributed by atoms with van der Waals surface area (Å²) in [6.07, 6.45) is -5.02. The van der Waals surface area contributed by atoms with E-state index in [0.29, 0.717) is 6.42 Å². The molecule has 2 aliphatic heterocycles. The molecule has 1 aromatic rings. The van der Waals surface area contributed by atoms with Gasteiger partial charge in [0.25, 0.3) is 0 Å². The molecule has 0 saturated carbocycles. The third-order valence-electron chi connectivity index (χ3n) is 9.01. The predicted octanol–water partition coefficient (Wildman–Crippen LogP) is 5.71. The number of amides is 1. The van der Waals surface area contributed by atoms with Crippen molar-refractivity contribution in [2.45, 2.75) is 139 Å². The van der Waals surface area contributed by atoms with E-state index in [1.165, 1.54) is 0 Å². The molecule has 11 heteroatoms. The molecule has 49 heavy (non-hydrogen) atoms. The molecular formula is C38H55NO10. The minimum atomic E-state index is -1.43. The third kappa shape index (κ3) is 8.64. The van der Waals surface area contributed by atoms with E-state index in [-0.39, 0.29) is 24.9 Å². The summed E-state index contributed by atoms with van der Waals surface area (Å²) in [6.45, 7) is 19.8. The first-order valence-corrected chi connectivity index (χ1v) is 17.2. The molecular weight excluding hydrogens is 630 g/mol. The van der Waals surface area contributed by atoms with E-state index in [1.807, 2.05) is 24.3 Å². The minimum Gasteiger partial charge on any atom is -0.462 e. The number of piperidine rings is 1. The topological polar surface area (TPSA) is 135 Å². The number of likely N-dealkylation sites (tertiary alicyclic amines) is 1. The second-order valence-electron chi connectivity index (χ2n) is 17.8. The molecule has 1 aromatic carbocycles.